The van der Waals surface area contributed by atoms with Crippen molar-refractivity contribution in [2.45, 2.75) is 29.2 Å². The maximum absolute atomic E-state index is 12.8. The van der Waals surface area contributed by atoms with Gasteiger partial charge in [-0.1, -0.05) is 17.8 Å². The molecule has 2 aromatic rings. The van der Waals surface area contributed by atoms with Gasteiger partial charge < -0.3 is 10.2 Å². The summed E-state index contributed by atoms with van der Waals surface area (Å²) < 4.78 is 27.0. The normalized spacial score (nSPS) is 17.6. The molecule has 0 radical (unpaired) electrons. The monoisotopic (exact) mass is 446 g/mol. The first-order valence-electron chi connectivity index (χ1n) is 10.1. The molecule has 1 amide bonds. The largest absolute Gasteiger partial charge is 0.325 e. The van der Waals surface area contributed by atoms with Crippen molar-refractivity contribution in [2.24, 2.45) is 0 Å². The highest BCUT2D eigenvalue weighted by Crippen LogP contribution is 2.25. The number of hydrogen-bond acceptors (Lipinski definition) is 6. The number of likely N-dealkylation sites (N-methyl/N-ethyl adjacent to an activating group) is 1. The van der Waals surface area contributed by atoms with Crippen LogP contribution in [0.4, 0.5) is 5.69 Å². The van der Waals surface area contributed by atoms with E-state index in [-0.39, 0.29) is 16.6 Å². The van der Waals surface area contributed by atoms with E-state index in [0.717, 1.165) is 31.6 Å². The molecular weight excluding hydrogens is 420 g/mol. The minimum absolute atomic E-state index is 0.103. The molecule has 30 heavy (non-hydrogen) atoms. The van der Waals surface area contributed by atoms with Crippen LogP contribution in [0.15, 0.2) is 46.5 Å². The summed E-state index contributed by atoms with van der Waals surface area (Å²) in [4.78, 5) is 18.8. The lowest BCUT2D eigenvalue weighted by Gasteiger charge is -2.31. The van der Waals surface area contributed by atoms with Gasteiger partial charge in [0.05, 0.1) is 10.8 Å². The molecule has 1 saturated heterocycles. The Morgan fingerprint density at radius 1 is 1.10 bits per heavy atom. The molecule has 2 aliphatic rings. The van der Waals surface area contributed by atoms with E-state index >= 15 is 0 Å². The zero-order valence-electron chi connectivity index (χ0n) is 17.0. The van der Waals surface area contributed by atoms with Crippen LogP contribution >= 0.6 is 11.8 Å². The van der Waals surface area contributed by atoms with Crippen molar-refractivity contribution in [1.82, 2.24) is 14.2 Å². The Kier molecular flexibility index (Phi) is 6.43. The second kappa shape index (κ2) is 9.05. The number of hydrogen-bond donors (Lipinski definition) is 1. The van der Waals surface area contributed by atoms with E-state index in [1.54, 1.807) is 12.1 Å². The summed E-state index contributed by atoms with van der Waals surface area (Å²) in [6, 6.07) is 9.33. The fourth-order valence-electron chi connectivity index (χ4n) is 3.77. The summed E-state index contributed by atoms with van der Waals surface area (Å²) in [5.41, 5.74) is 3.51. The average molecular weight is 447 g/mol. The van der Waals surface area contributed by atoms with Gasteiger partial charge in [0.1, 0.15) is 4.90 Å². The van der Waals surface area contributed by atoms with Gasteiger partial charge in [-0.15, -0.1) is 0 Å². The number of thioether (sulfide) groups is 1. The summed E-state index contributed by atoms with van der Waals surface area (Å²) in [6.45, 7) is 2.41. The number of piperazine rings is 1. The van der Waals surface area contributed by atoms with Gasteiger partial charge in [0.25, 0.3) is 0 Å². The SMILES string of the molecule is CN1CCN(S(=O)(=O)c2ccc(SCC(=O)Nc3ccc4c(c3)CCC4)nc2)CC1. The van der Waals surface area contributed by atoms with E-state index in [0.29, 0.717) is 18.1 Å². The van der Waals surface area contributed by atoms with Crippen LogP contribution in [0.25, 0.3) is 0 Å². The summed E-state index contributed by atoms with van der Waals surface area (Å²) in [5, 5.41) is 3.55. The molecule has 1 N–H and O–H groups in total. The van der Waals surface area contributed by atoms with E-state index in [1.807, 2.05) is 13.1 Å². The Labute approximate surface area is 181 Å². The van der Waals surface area contributed by atoms with Gasteiger partial charge in [0.2, 0.25) is 15.9 Å². The first-order valence-corrected chi connectivity index (χ1v) is 12.5. The number of carbonyl (C=O) groups is 1. The highest BCUT2D eigenvalue weighted by molar-refractivity contribution is 7.99. The van der Waals surface area contributed by atoms with Crippen molar-refractivity contribution in [3.63, 3.8) is 0 Å². The maximum Gasteiger partial charge on any atom is 0.244 e. The molecule has 1 aromatic heterocycles. The summed E-state index contributed by atoms with van der Waals surface area (Å²) in [6.07, 6.45) is 4.75. The number of pyridine rings is 1. The van der Waals surface area contributed by atoms with E-state index in [4.69, 9.17) is 0 Å². The number of carbonyl (C=O) groups excluding carboxylic acids is 1. The fraction of sp³-hybridized carbons (Fsp3) is 0.429. The lowest BCUT2D eigenvalue weighted by atomic mass is 10.1. The Bertz CT molecular complexity index is 1020. The highest BCUT2D eigenvalue weighted by atomic mass is 32.2. The van der Waals surface area contributed by atoms with Crippen LogP contribution in [0.1, 0.15) is 17.5 Å². The number of aromatic nitrogens is 1. The molecule has 1 fully saturated rings. The number of nitrogens with one attached hydrogen (secondary N) is 1. The first-order chi connectivity index (χ1) is 14.4. The number of amides is 1. The van der Waals surface area contributed by atoms with Gasteiger partial charge in [0, 0.05) is 38.1 Å². The molecule has 7 nitrogen and oxygen atoms in total. The number of sulfonamides is 1. The van der Waals surface area contributed by atoms with Crippen LogP contribution in [0.5, 0.6) is 0 Å². The topological polar surface area (TPSA) is 82.6 Å². The predicted molar refractivity (Wildman–Crippen MR) is 118 cm³/mol. The van der Waals surface area contributed by atoms with Gasteiger partial charge in [0.15, 0.2) is 0 Å². The summed E-state index contributed by atoms with van der Waals surface area (Å²) >= 11 is 1.29. The van der Waals surface area contributed by atoms with Crippen LogP contribution in [0.2, 0.25) is 0 Å². The Hall–Kier alpha value is -1.94. The molecule has 2 heterocycles. The minimum Gasteiger partial charge on any atom is -0.325 e. The van der Waals surface area contributed by atoms with Crippen molar-refractivity contribution in [3.05, 3.63) is 47.7 Å². The fourth-order valence-corrected chi connectivity index (χ4v) is 5.78. The van der Waals surface area contributed by atoms with Gasteiger partial charge in [-0.3, -0.25) is 4.79 Å². The van der Waals surface area contributed by atoms with Crippen molar-refractivity contribution in [2.75, 3.05) is 44.3 Å². The van der Waals surface area contributed by atoms with Crippen molar-refractivity contribution < 1.29 is 13.2 Å². The number of rotatable bonds is 6. The molecule has 9 heteroatoms. The van der Waals surface area contributed by atoms with Crippen LogP contribution in [-0.2, 0) is 27.7 Å². The van der Waals surface area contributed by atoms with Crippen LogP contribution in [-0.4, -0.2) is 67.5 Å². The van der Waals surface area contributed by atoms with Gasteiger partial charge >= 0.3 is 0 Å². The second-order valence-electron chi connectivity index (χ2n) is 7.71. The van der Waals surface area contributed by atoms with Crippen LogP contribution in [0.3, 0.4) is 0 Å². The number of benzene rings is 1. The molecule has 0 bridgehead atoms. The van der Waals surface area contributed by atoms with Gasteiger partial charge in [-0.2, -0.15) is 4.31 Å². The Balaban J connectivity index is 1.32. The molecular formula is C21H26N4O3S2. The molecule has 1 aliphatic carbocycles. The molecule has 0 unspecified atom stereocenters. The zero-order valence-corrected chi connectivity index (χ0v) is 18.6. The quantitative estimate of drug-likeness (QED) is 0.686. The van der Waals surface area contributed by atoms with E-state index in [2.05, 4.69) is 27.3 Å². The smallest absolute Gasteiger partial charge is 0.244 e. The van der Waals surface area contributed by atoms with E-state index in [1.165, 1.54) is 39.8 Å². The molecule has 0 atom stereocenters. The third kappa shape index (κ3) is 4.85. The second-order valence-corrected chi connectivity index (χ2v) is 10.6. The molecule has 1 aromatic carbocycles. The summed E-state index contributed by atoms with van der Waals surface area (Å²) in [7, 11) is -1.54. The van der Waals surface area contributed by atoms with Crippen LogP contribution < -0.4 is 5.32 Å². The lowest BCUT2D eigenvalue weighted by molar-refractivity contribution is -0.113. The molecule has 4 rings (SSSR count). The lowest BCUT2D eigenvalue weighted by Crippen LogP contribution is -2.47. The average Bonchev–Trinajstić information content (AvgIpc) is 3.21. The molecule has 0 saturated carbocycles. The van der Waals surface area contributed by atoms with Gasteiger partial charge in [-0.25, -0.2) is 13.4 Å². The first kappa shape index (κ1) is 21.3. The zero-order chi connectivity index (χ0) is 21.1. The predicted octanol–water partition coefficient (Wildman–Crippen LogP) is 2.24. The Morgan fingerprint density at radius 2 is 1.87 bits per heavy atom. The molecule has 160 valence electrons. The van der Waals surface area contributed by atoms with Crippen molar-refractivity contribution in [3.8, 4) is 0 Å². The number of anilines is 1. The van der Waals surface area contributed by atoms with Crippen molar-refractivity contribution in [1.29, 1.82) is 0 Å². The number of fused-ring (bicyclic) bond motifs is 1. The third-order valence-corrected chi connectivity index (χ3v) is 8.37. The number of aryl methyl sites for hydroxylation is 2. The third-order valence-electron chi connectivity index (χ3n) is 5.54. The van der Waals surface area contributed by atoms with Crippen LogP contribution in [0, 0.1) is 0 Å². The highest BCUT2D eigenvalue weighted by Gasteiger charge is 2.27. The van der Waals surface area contributed by atoms with Crippen molar-refractivity contribution >= 4 is 33.4 Å². The summed E-state index contributed by atoms with van der Waals surface area (Å²) in [5.74, 6) is 0.114. The molecule has 0 spiro atoms. The molecule has 1 aliphatic heterocycles. The van der Waals surface area contributed by atoms with E-state index in [9.17, 15) is 13.2 Å². The minimum atomic E-state index is -3.52. The standard InChI is InChI=1S/C21H26N4O3S2/c1-24-9-11-25(12-10-24)30(27,28)19-7-8-21(22-14-19)29-15-20(26)23-18-6-5-16-3-2-4-17(16)13-18/h5-8,13-14H,2-4,9-12,15H2,1H3,(H,23,26). The maximum atomic E-state index is 12.8. The van der Waals surface area contributed by atoms with E-state index < -0.39 is 10.0 Å². The Morgan fingerprint density at radius 3 is 2.60 bits per heavy atom. The van der Waals surface area contributed by atoms with Gasteiger partial charge in [-0.05, 0) is 61.7 Å². The number of nitrogens with zero attached hydrogens (tertiary/aromatic N) is 3.